The summed E-state index contributed by atoms with van der Waals surface area (Å²) in [5.41, 5.74) is 5.07. The molecule has 0 fully saturated rings. The van der Waals surface area contributed by atoms with Gasteiger partial charge in [0.25, 0.3) is 0 Å². The second kappa shape index (κ2) is 8.20. The topological polar surface area (TPSA) is 50.8 Å². The zero-order valence-electron chi connectivity index (χ0n) is 19.7. The van der Waals surface area contributed by atoms with E-state index in [0.717, 1.165) is 46.7 Å². The van der Waals surface area contributed by atoms with Crippen molar-refractivity contribution in [1.82, 2.24) is 0 Å². The van der Waals surface area contributed by atoms with Gasteiger partial charge in [0.15, 0.2) is 5.60 Å². The largest absolute Gasteiger partial charge is 0.456 e. The maximum absolute atomic E-state index is 13.1. The first-order valence-corrected chi connectivity index (χ1v) is 12.0. The predicted molar refractivity (Wildman–Crippen MR) is 138 cm³/mol. The van der Waals surface area contributed by atoms with E-state index in [1.807, 2.05) is 73.8 Å². The lowest BCUT2D eigenvalue weighted by Gasteiger charge is -2.37. The van der Waals surface area contributed by atoms with Crippen LogP contribution in [-0.2, 0) is 10.3 Å². The first kappa shape index (κ1) is 21.3. The van der Waals surface area contributed by atoms with Gasteiger partial charge < -0.3 is 19.7 Å². The standard InChI is InChI=1S/C30H26N2O3/c1-3-17-32(21-9-5-4-6-10-21)22-14-15-25-28(19-22)34-27-16-13-20(31-2)18-26(27)30(25)24-12-8-7-11-23(24)29(33)35-30/h4-16,18-19,31H,3,17H2,1-2H3. The second-order valence-electron chi connectivity index (χ2n) is 8.85. The fourth-order valence-corrected chi connectivity index (χ4v) is 5.22. The van der Waals surface area contributed by atoms with Gasteiger partial charge in [-0.1, -0.05) is 43.3 Å². The van der Waals surface area contributed by atoms with E-state index in [0.29, 0.717) is 17.1 Å². The van der Waals surface area contributed by atoms with Gasteiger partial charge in [0, 0.05) is 53.4 Å². The van der Waals surface area contributed by atoms with Crippen LogP contribution in [0.2, 0.25) is 0 Å². The normalized spacial score (nSPS) is 17.1. The van der Waals surface area contributed by atoms with E-state index in [2.05, 4.69) is 41.4 Å². The minimum atomic E-state index is -1.07. The first-order chi connectivity index (χ1) is 17.2. The molecule has 174 valence electrons. The Balaban J connectivity index is 1.57. The van der Waals surface area contributed by atoms with E-state index < -0.39 is 5.60 Å². The number of benzene rings is 4. The van der Waals surface area contributed by atoms with Gasteiger partial charge in [0.1, 0.15) is 11.5 Å². The van der Waals surface area contributed by atoms with Crippen molar-refractivity contribution >= 4 is 23.0 Å². The average Bonchev–Trinajstić information content (AvgIpc) is 3.20. The lowest BCUT2D eigenvalue weighted by atomic mass is 9.77. The summed E-state index contributed by atoms with van der Waals surface area (Å²) in [4.78, 5) is 15.4. The zero-order chi connectivity index (χ0) is 24.0. The molecule has 1 spiro atoms. The van der Waals surface area contributed by atoms with Crippen molar-refractivity contribution in [3.8, 4) is 11.5 Å². The summed E-state index contributed by atoms with van der Waals surface area (Å²) in [6.07, 6.45) is 0.997. The van der Waals surface area contributed by atoms with E-state index >= 15 is 0 Å². The van der Waals surface area contributed by atoms with Gasteiger partial charge in [-0.3, -0.25) is 0 Å². The quantitative estimate of drug-likeness (QED) is 0.329. The van der Waals surface area contributed by atoms with E-state index in [1.165, 1.54) is 0 Å². The van der Waals surface area contributed by atoms with Crippen LogP contribution in [0.5, 0.6) is 11.5 Å². The third-order valence-corrected chi connectivity index (χ3v) is 6.81. The molecular weight excluding hydrogens is 436 g/mol. The van der Waals surface area contributed by atoms with Gasteiger partial charge in [0.05, 0.1) is 5.56 Å². The van der Waals surface area contributed by atoms with Crippen molar-refractivity contribution in [2.75, 3.05) is 23.8 Å². The fourth-order valence-electron chi connectivity index (χ4n) is 5.22. The Morgan fingerprint density at radius 3 is 2.40 bits per heavy atom. The number of hydrogen-bond donors (Lipinski definition) is 1. The number of fused-ring (bicyclic) bond motifs is 6. The summed E-state index contributed by atoms with van der Waals surface area (Å²) in [6.45, 7) is 3.04. The molecule has 0 aromatic heterocycles. The third kappa shape index (κ3) is 3.19. The van der Waals surface area contributed by atoms with Crippen LogP contribution in [0.4, 0.5) is 17.1 Å². The van der Waals surface area contributed by atoms with E-state index in [1.54, 1.807) is 0 Å². The number of ether oxygens (including phenoxy) is 2. The average molecular weight is 463 g/mol. The third-order valence-electron chi connectivity index (χ3n) is 6.81. The molecule has 6 rings (SSSR count). The molecule has 1 atom stereocenters. The van der Waals surface area contributed by atoms with Crippen LogP contribution in [0.3, 0.4) is 0 Å². The molecule has 1 N–H and O–H groups in total. The van der Waals surface area contributed by atoms with E-state index in [9.17, 15) is 4.79 Å². The van der Waals surface area contributed by atoms with Crippen molar-refractivity contribution in [3.05, 3.63) is 113 Å². The summed E-state index contributed by atoms with van der Waals surface area (Å²) < 4.78 is 12.8. The molecule has 5 heteroatoms. The number of anilines is 3. The number of carbonyl (C=O) groups is 1. The number of carbonyl (C=O) groups excluding carboxylic acids is 1. The highest BCUT2D eigenvalue weighted by Gasteiger charge is 2.53. The maximum atomic E-state index is 13.1. The smallest absolute Gasteiger partial charge is 0.340 e. The van der Waals surface area contributed by atoms with Crippen molar-refractivity contribution in [1.29, 1.82) is 0 Å². The Hall–Kier alpha value is -4.25. The van der Waals surface area contributed by atoms with Crippen molar-refractivity contribution in [3.63, 3.8) is 0 Å². The molecular formula is C30H26N2O3. The Morgan fingerprint density at radius 1 is 0.800 bits per heavy atom. The van der Waals surface area contributed by atoms with Crippen LogP contribution in [0, 0.1) is 0 Å². The summed E-state index contributed by atoms with van der Waals surface area (Å²) >= 11 is 0. The predicted octanol–water partition coefficient (Wildman–Crippen LogP) is 6.84. The first-order valence-electron chi connectivity index (χ1n) is 12.0. The van der Waals surface area contributed by atoms with E-state index in [-0.39, 0.29) is 5.97 Å². The molecule has 0 bridgehead atoms. The van der Waals surface area contributed by atoms with Crippen LogP contribution >= 0.6 is 0 Å². The number of rotatable bonds is 5. The highest BCUT2D eigenvalue weighted by atomic mass is 16.6. The van der Waals surface area contributed by atoms with Gasteiger partial charge >= 0.3 is 5.97 Å². The molecule has 0 saturated carbocycles. The number of nitrogens with one attached hydrogen (secondary N) is 1. The maximum Gasteiger partial charge on any atom is 0.340 e. The molecule has 0 aliphatic carbocycles. The van der Waals surface area contributed by atoms with Crippen LogP contribution in [0.1, 0.15) is 40.4 Å². The molecule has 4 aromatic carbocycles. The highest BCUT2D eigenvalue weighted by molar-refractivity contribution is 5.97. The molecule has 0 amide bonds. The van der Waals surface area contributed by atoms with Crippen LogP contribution in [0.25, 0.3) is 0 Å². The molecule has 4 aromatic rings. The Bertz CT molecular complexity index is 1430. The number of esters is 1. The zero-order valence-corrected chi connectivity index (χ0v) is 19.7. The second-order valence-corrected chi connectivity index (χ2v) is 8.85. The fraction of sp³-hybridized carbons (Fsp3) is 0.167. The van der Waals surface area contributed by atoms with E-state index in [4.69, 9.17) is 9.47 Å². The molecule has 35 heavy (non-hydrogen) atoms. The molecule has 5 nitrogen and oxygen atoms in total. The molecule has 2 aliphatic heterocycles. The summed E-state index contributed by atoms with van der Waals surface area (Å²) in [6, 6.07) is 30.1. The highest BCUT2D eigenvalue weighted by Crippen LogP contribution is 2.57. The molecule has 2 aliphatic rings. The Morgan fingerprint density at radius 2 is 1.60 bits per heavy atom. The van der Waals surface area contributed by atoms with Gasteiger partial charge in [-0.25, -0.2) is 4.79 Å². The van der Waals surface area contributed by atoms with Crippen molar-refractivity contribution in [2.45, 2.75) is 18.9 Å². The van der Waals surface area contributed by atoms with Gasteiger partial charge in [-0.15, -0.1) is 0 Å². The molecule has 0 saturated heterocycles. The number of nitrogens with zero attached hydrogens (tertiary/aromatic N) is 1. The minimum absolute atomic E-state index is 0.324. The van der Waals surface area contributed by atoms with Gasteiger partial charge in [-0.2, -0.15) is 0 Å². The van der Waals surface area contributed by atoms with Crippen molar-refractivity contribution < 1.29 is 14.3 Å². The van der Waals surface area contributed by atoms with Crippen LogP contribution in [0.15, 0.2) is 91.0 Å². The van der Waals surface area contributed by atoms with Gasteiger partial charge in [-0.05, 0) is 55.0 Å². The Labute approximate surface area is 204 Å². The molecule has 1 unspecified atom stereocenters. The summed E-state index contributed by atoms with van der Waals surface area (Å²) in [5, 5.41) is 3.20. The van der Waals surface area contributed by atoms with Crippen LogP contribution in [-0.4, -0.2) is 19.6 Å². The Kier molecular flexibility index (Phi) is 4.99. The lowest BCUT2D eigenvalue weighted by molar-refractivity contribution is 0.0224. The SMILES string of the molecule is CCCN(c1ccccc1)c1ccc2c(c1)Oc1ccc(NC)cc1C21OC(=O)c2ccccc21. The molecule has 0 radical (unpaired) electrons. The summed E-state index contributed by atoms with van der Waals surface area (Å²) in [7, 11) is 1.87. The monoisotopic (exact) mass is 462 g/mol. The van der Waals surface area contributed by atoms with Crippen molar-refractivity contribution in [2.24, 2.45) is 0 Å². The lowest BCUT2D eigenvalue weighted by Crippen LogP contribution is -2.33. The number of hydrogen-bond acceptors (Lipinski definition) is 5. The van der Waals surface area contributed by atoms with Crippen LogP contribution < -0.4 is 15.0 Å². The molecule has 2 heterocycles. The minimum Gasteiger partial charge on any atom is -0.456 e. The number of para-hydroxylation sites is 1. The summed E-state index contributed by atoms with van der Waals surface area (Å²) in [5.74, 6) is 1.05. The van der Waals surface area contributed by atoms with Gasteiger partial charge in [0.2, 0.25) is 0 Å².